The molecule has 0 aliphatic heterocycles. The van der Waals surface area contributed by atoms with Crippen LogP contribution in [0.4, 0.5) is 0 Å². The van der Waals surface area contributed by atoms with E-state index in [0.29, 0.717) is 0 Å². The number of fused-ring (bicyclic) bond motifs is 2. The van der Waals surface area contributed by atoms with Gasteiger partial charge in [-0.3, -0.25) is 0 Å². The number of aryl methyl sites for hydroxylation is 4. The van der Waals surface area contributed by atoms with Crippen LogP contribution in [0.15, 0.2) is 83.9 Å². The Morgan fingerprint density at radius 2 is 1.02 bits per heavy atom. The van der Waals surface area contributed by atoms with Crippen molar-refractivity contribution in [2.45, 2.75) is 81.2 Å². The van der Waals surface area contributed by atoms with Crippen LogP contribution in [0.1, 0.15) is 85.9 Å². The molecule has 0 amide bonds. The quantitative estimate of drug-likeness (QED) is 0.158. The summed E-state index contributed by atoms with van der Waals surface area (Å²) >= 11 is -4.88. The van der Waals surface area contributed by atoms with Gasteiger partial charge in [0, 0.05) is 0 Å². The van der Waals surface area contributed by atoms with Gasteiger partial charge in [0.25, 0.3) is 0 Å². The van der Waals surface area contributed by atoms with Crippen LogP contribution >= 0.6 is 17.0 Å². The van der Waals surface area contributed by atoms with Gasteiger partial charge in [0.15, 0.2) is 0 Å². The third kappa shape index (κ3) is 5.18. The van der Waals surface area contributed by atoms with Gasteiger partial charge < -0.3 is 0 Å². The molecule has 2 aliphatic rings. The molecule has 0 radical (unpaired) electrons. The maximum absolute atomic E-state index is 8.83. The molecule has 2 aliphatic carbocycles. The van der Waals surface area contributed by atoms with Gasteiger partial charge in [0.2, 0.25) is 0 Å². The average Bonchev–Trinajstić information content (AvgIpc) is 3.60. The van der Waals surface area contributed by atoms with Crippen molar-refractivity contribution in [1.82, 2.24) is 0 Å². The molecular weight excluding hydrogens is 683 g/mol. The molecule has 4 heteroatoms. The van der Waals surface area contributed by atoms with E-state index in [1.54, 1.807) is 0 Å². The molecular formula is C41H47Cl2SiZr. The fourth-order valence-electron chi connectivity index (χ4n) is 8.88. The average molecular weight is 730 g/mol. The Kier molecular flexibility index (Phi) is 8.97. The third-order valence-corrected chi connectivity index (χ3v) is 61.1. The van der Waals surface area contributed by atoms with E-state index in [1.165, 1.54) is 77.9 Å². The molecule has 0 N–H and O–H groups in total. The molecule has 2 atom stereocenters. The summed E-state index contributed by atoms with van der Waals surface area (Å²) in [5.41, 5.74) is 18.7. The van der Waals surface area contributed by atoms with Crippen molar-refractivity contribution >= 4 is 35.1 Å². The Bertz CT molecular complexity index is 1840. The zero-order chi connectivity index (χ0) is 32.3. The second-order valence-corrected chi connectivity index (χ2v) is 54.5. The zero-order valence-electron chi connectivity index (χ0n) is 28.2. The van der Waals surface area contributed by atoms with Crippen LogP contribution in [-0.2, 0) is 15.6 Å². The normalized spacial score (nSPS) is 18.3. The molecule has 0 heterocycles. The first-order valence-electron chi connectivity index (χ1n) is 16.8. The van der Waals surface area contributed by atoms with Gasteiger partial charge in [0.05, 0.1) is 0 Å². The Morgan fingerprint density at radius 3 is 1.47 bits per heavy atom. The molecule has 233 valence electrons. The van der Waals surface area contributed by atoms with Crippen molar-refractivity contribution in [2.75, 3.05) is 0 Å². The van der Waals surface area contributed by atoms with Crippen molar-refractivity contribution in [3.63, 3.8) is 0 Å². The molecule has 0 fully saturated rings. The van der Waals surface area contributed by atoms with Crippen molar-refractivity contribution in [3.8, 4) is 22.3 Å². The summed E-state index contributed by atoms with van der Waals surface area (Å²) in [5.74, 6) is -1.63. The first-order valence-corrected chi connectivity index (χ1v) is 32.4. The fourth-order valence-corrected chi connectivity index (χ4v) is 62.7. The van der Waals surface area contributed by atoms with Gasteiger partial charge in [-0.1, -0.05) is 0 Å². The van der Waals surface area contributed by atoms with Gasteiger partial charge in [-0.05, 0) is 0 Å². The predicted molar refractivity (Wildman–Crippen MR) is 200 cm³/mol. The number of hydrogen-bond acceptors (Lipinski definition) is 0. The zero-order valence-corrected chi connectivity index (χ0v) is 33.3. The van der Waals surface area contributed by atoms with Gasteiger partial charge in [-0.25, -0.2) is 0 Å². The van der Waals surface area contributed by atoms with Crippen LogP contribution in [-0.4, -0.2) is 5.92 Å². The van der Waals surface area contributed by atoms with Crippen molar-refractivity contribution in [1.29, 1.82) is 0 Å². The summed E-state index contributed by atoms with van der Waals surface area (Å²) in [6, 6.07) is 29.5. The van der Waals surface area contributed by atoms with E-state index >= 15 is 0 Å². The Labute approximate surface area is 280 Å². The summed E-state index contributed by atoms with van der Waals surface area (Å²) in [7, 11) is 17.7. The van der Waals surface area contributed by atoms with E-state index < -0.39 is 21.5 Å². The summed E-state index contributed by atoms with van der Waals surface area (Å²) in [5, 5.41) is 0. The van der Waals surface area contributed by atoms with Gasteiger partial charge in [-0.2, -0.15) is 0 Å². The first kappa shape index (κ1) is 33.0. The number of allylic oxidation sites excluding steroid dienone is 2. The Balaban J connectivity index is 1.64. The minimum atomic E-state index is -4.88. The fraction of sp³-hybridized carbons (Fsp3) is 0.317. The van der Waals surface area contributed by atoms with E-state index in [4.69, 9.17) is 17.0 Å². The van der Waals surface area contributed by atoms with Crippen LogP contribution in [0.25, 0.3) is 34.4 Å². The number of hydrogen-bond donors (Lipinski definition) is 0. The van der Waals surface area contributed by atoms with Crippen LogP contribution in [0, 0.1) is 27.7 Å². The van der Waals surface area contributed by atoms with Crippen LogP contribution in [0.2, 0.25) is 12.1 Å². The monoisotopic (exact) mass is 727 g/mol. The molecule has 6 rings (SSSR count). The molecule has 0 saturated heterocycles. The van der Waals surface area contributed by atoms with Gasteiger partial charge in [0.1, 0.15) is 0 Å². The second-order valence-electron chi connectivity index (χ2n) is 13.8. The molecule has 4 aromatic carbocycles. The number of benzene rings is 4. The number of halogens is 2. The first-order chi connectivity index (χ1) is 21.4. The van der Waals surface area contributed by atoms with Crippen LogP contribution in [0.3, 0.4) is 0 Å². The van der Waals surface area contributed by atoms with Crippen molar-refractivity contribution in [2.24, 2.45) is 0 Å². The minimum absolute atomic E-state index is 0.111. The Hall–Kier alpha value is -1.96. The van der Waals surface area contributed by atoms with E-state index in [1.807, 2.05) is 0 Å². The number of rotatable bonds is 8. The van der Waals surface area contributed by atoms with Gasteiger partial charge in [-0.15, -0.1) is 0 Å². The summed E-state index contributed by atoms with van der Waals surface area (Å²) < 4.78 is 0.235. The van der Waals surface area contributed by atoms with Crippen LogP contribution < -0.4 is 0 Å². The third-order valence-electron chi connectivity index (χ3n) is 11.1. The second kappa shape index (κ2) is 12.2. The SMILES string of the molecule is CCC1=Cc2c(-c3ccc(C)cc3)ccc(C)c2[CH]1[Zr]([Cl])([Cl])([CH]1C(C)=Cc2c(-c3ccc(C)cc3)ccc(C)c21)[SiH](CC)CC. The van der Waals surface area contributed by atoms with E-state index in [2.05, 4.69) is 140 Å². The molecule has 0 spiro atoms. The van der Waals surface area contributed by atoms with Gasteiger partial charge >= 0.3 is 283 Å². The molecule has 0 aromatic heterocycles. The van der Waals surface area contributed by atoms with E-state index in [9.17, 15) is 0 Å². The van der Waals surface area contributed by atoms with E-state index in [0.717, 1.165) is 18.5 Å². The molecule has 0 nitrogen and oxygen atoms in total. The summed E-state index contributed by atoms with van der Waals surface area (Å²) in [6.07, 6.45) is 5.92. The molecule has 2 unspecified atom stereocenters. The molecule has 4 aromatic rings. The molecule has 0 saturated carbocycles. The molecule has 0 bridgehead atoms. The summed E-state index contributed by atoms with van der Waals surface area (Å²) in [4.78, 5) is 0. The topological polar surface area (TPSA) is 0 Å². The predicted octanol–water partition coefficient (Wildman–Crippen LogP) is 13.0. The standard InChI is InChI=1S/C19H19.C18H17.C4H11Si.2ClH.Zr/c1-4-15-11-18-14(3)7-10-17(19(18)12-15)16-8-5-13(2)6-9-16;1-12-4-7-15(8-5-12)16-9-6-14(3)17-10-13(2)11-18(16)17;1-3-5-4-2;;;/h5-12H,4H2,1-3H3;4-11H,1-3H3;5H,3-4H2,1-2H3;2*1H;/q;;;;;+2/p-2. The van der Waals surface area contributed by atoms with Crippen molar-refractivity contribution in [3.05, 3.63) is 128 Å². The maximum atomic E-state index is 8.83. The summed E-state index contributed by atoms with van der Waals surface area (Å²) in [6.45, 7) is 18.3. The van der Waals surface area contributed by atoms with E-state index in [-0.39, 0.29) is 7.25 Å². The van der Waals surface area contributed by atoms with Crippen molar-refractivity contribution < 1.29 is 15.6 Å². The molecule has 45 heavy (non-hydrogen) atoms. The van der Waals surface area contributed by atoms with Crippen LogP contribution in [0.5, 0.6) is 0 Å². The Morgan fingerprint density at radius 1 is 0.578 bits per heavy atom.